The van der Waals surface area contributed by atoms with Gasteiger partial charge in [0.1, 0.15) is 10.8 Å². The lowest BCUT2D eigenvalue weighted by molar-refractivity contribution is 0.0690. The van der Waals surface area contributed by atoms with Crippen LogP contribution in [0.5, 0.6) is 0 Å². The molecule has 5 rings (SSSR count). The minimum absolute atomic E-state index is 0.114. The Morgan fingerprint density at radius 3 is 2.33 bits per heavy atom. The smallest absolute Gasteiger partial charge is 0.253 e. The molecule has 0 unspecified atom stereocenters. The van der Waals surface area contributed by atoms with E-state index in [9.17, 15) is 9.18 Å². The van der Waals surface area contributed by atoms with Crippen LogP contribution in [0.4, 0.5) is 4.39 Å². The molecule has 6 heteroatoms. The number of aromatic nitrogens is 2. The molecule has 0 N–H and O–H groups in total. The number of carbonyl (C=O) groups excluding carboxylic acids is 1. The number of nitrogens with zero attached hydrogens (tertiary/aromatic N) is 3. The second-order valence-corrected chi connectivity index (χ2v) is 10.2. The first-order chi connectivity index (χ1) is 17.6. The number of carbonyl (C=O) groups is 1. The van der Waals surface area contributed by atoms with Crippen molar-refractivity contribution in [2.24, 2.45) is 5.92 Å². The average Bonchev–Trinajstić information content (AvgIpc) is 2.93. The number of piperidine rings is 1. The second-order valence-electron chi connectivity index (χ2n) is 9.18. The predicted octanol–water partition coefficient (Wildman–Crippen LogP) is 6.67. The molecule has 3 aromatic carbocycles. The number of likely N-dealkylation sites (tertiary alicyclic amines) is 1. The third-order valence-electron chi connectivity index (χ3n) is 6.61. The summed E-state index contributed by atoms with van der Waals surface area (Å²) >= 11 is 1.58. The molecule has 0 radical (unpaired) electrons. The highest BCUT2D eigenvalue weighted by Crippen LogP contribution is 2.25. The summed E-state index contributed by atoms with van der Waals surface area (Å²) in [5, 5.41) is 9.38. The molecule has 1 aromatic heterocycles. The first-order valence-corrected chi connectivity index (χ1v) is 13.3. The van der Waals surface area contributed by atoms with Gasteiger partial charge in [0.25, 0.3) is 5.91 Å². The molecule has 0 bridgehead atoms. The van der Waals surface area contributed by atoms with Gasteiger partial charge in [0.2, 0.25) is 0 Å². The Hall–Kier alpha value is -3.51. The molecule has 0 atom stereocenters. The SMILES string of the molecule is O=C(c1cccc(CSc2ccc(-c3ccc(F)cc3)nn2)c1)N1CCC(Cc2ccccc2)CC1. The summed E-state index contributed by atoms with van der Waals surface area (Å²) in [6.45, 7) is 1.62. The molecular weight excluding hydrogens is 469 g/mol. The molecule has 4 aromatic rings. The number of rotatable bonds is 7. The van der Waals surface area contributed by atoms with E-state index in [0.717, 1.165) is 54.1 Å². The van der Waals surface area contributed by atoms with Gasteiger partial charge in [0, 0.05) is 30.0 Å². The summed E-state index contributed by atoms with van der Waals surface area (Å²) in [4.78, 5) is 15.2. The Bertz CT molecular complexity index is 1290. The lowest BCUT2D eigenvalue weighted by atomic mass is 9.90. The number of thioether (sulfide) groups is 1. The van der Waals surface area contributed by atoms with Crippen molar-refractivity contribution in [1.82, 2.24) is 15.1 Å². The minimum Gasteiger partial charge on any atom is -0.339 e. The van der Waals surface area contributed by atoms with Gasteiger partial charge in [-0.3, -0.25) is 4.79 Å². The molecule has 1 fully saturated rings. The van der Waals surface area contributed by atoms with Crippen molar-refractivity contribution in [3.8, 4) is 11.3 Å². The lowest BCUT2D eigenvalue weighted by Gasteiger charge is -2.32. The van der Waals surface area contributed by atoms with Crippen molar-refractivity contribution in [2.75, 3.05) is 13.1 Å². The van der Waals surface area contributed by atoms with E-state index in [1.165, 1.54) is 17.7 Å². The van der Waals surface area contributed by atoms with Crippen molar-refractivity contribution in [3.05, 3.63) is 114 Å². The van der Waals surface area contributed by atoms with Gasteiger partial charge in [-0.1, -0.05) is 54.2 Å². The van der Waals surface area contributed by atoms with E-state index in [4.69, 9.17) is 0 Å². The number of hydrogen-bond donors (Lipinski definition) is 0. The van der Waals surface area contributed by atoms with Crippen LogP contribution in [-0.2, 0) is 12.2 Å². The van der Waals surface area contributed by atoms with Crippen molar-refractivity contribution in [1.29, 1.82) is 0 Å². The highest BCUT2D eigenvalue weighted by atomic mass is 32.2. The highest BCUT2D eigenvalue weighted by Gasteiger charge is 2.24. The standard InChI is InChI=1S/C30H28FN3OS/c31-27-11-9-25(10-12-27)28-13-14-29(33-32-28)36-21-24-7-4-8-26(20-24)30(35)34-17-15-23(16-18-34)19-22-5-2-1-3-6-22/h1-14,20,23H,15-19,21H2. The minimum atomic E-state index is -0.271. The Kier molecular flexibility index (Phi) is 7.72. The van der Waals surface area contributed by atoms with E-state index in [2.05, 4.69) is 40.5 Å². The summed E-state index contributed by atoms with van der Waals surface area (Å²) in [6.07, 6.45) is 3.18. The highest BCUT2D eigenvalue weighted by molar-refractivity contribution is 7.98. The molecule has 0 saturated carbocycles. The maximum absolute atomic E-state index is 13.2. The van der Waals surface area contributed by atoms with Crippen LogP contribution in [0.2, 0.25) is 0 Å². The molecule has 1 amide bonds. The molecule has 2 heterocycles. The van der Waals surface area contributed by atoms with Crippen LogP contribution >= 0.6 is 11.8 Å². The third-order valence-corrected chi connectivity index (χ3v) is 7.60. The summed E-state index contributed by atoms with van der Waals surface area (Å²) < 4.78 is 13.1. The van der Waals surface area contributed by atoms with Gasteiger partial charge in [0.15, 0.2) is 0 Å². The van der Waals surface area contributed by atoms with Gasteiger partial charge >= 0.3 is 0 Å². The maximum Gasteiger partial charge on any atom is 0.253 e. The van der Waals surface area contributed by atoms with Crippen LogP contribution in [0.25, 0.3) is 11.3 Å². The molecule has 1 aliphatic rings. The maximum atomic E-state index is 13.2. The van der Waals surface area contributed by atoms with Crippen molar-refractivity contribution in [3.63, 3.8) is 0 Å². The first-order valence-electron chi connectivity index (χ1n) is 12.3. The Labute approximate surface area is 215 Å². The van der Waals surface area contributed by atoms with Gasteiger partial charge in [0.05, 0.1) is 5.69 Å². The van der Waals surface area contributed by atoms with Crippen LogP contribution in [0.1, 0.15) is 34.3 Å². The van der Waals surface area contributed by atoms with Crippen LogP contribution < -0.4 is 0 Å². The third kappa shape index (κ3) is 6.18. The number of amides is 1. The number of halogens is 1. The zero-order valence-electron chi connectivity index (χ0n) is 20.0. The van der Waals surface area contributed by atoms with E-state index in [-0.39, 0.29) is 11.7 Å². The van der Waals surface area contributed by atoms with Crippen LogP contribution in [-0.4, -0.2) is 34.1 Å². The zero-order valence-corrected chi connectivity index (χ0v) is 20.8. The van der Waals surface area contributed by atoms with Crippen molar-refractivity contribution < 1.29 is 9.18 Å². The van der Waals surface area contributed by atoms with Gasteiger partial charge in [-0.2, -0.15) is 0 Å². The Morgan fingerprint density at radius 1 is 0.861 bits per heavy atom. The fourth-order valence-corrected chi connectivity index (χ4v) is 5.35. The topological polar surface area (TPSA) is 46.1 Å². The van der Waals surface area contributed by atoms with E-state index in [1.807, 2.05) is 41.3 Å². The van der Waals surface area contributed by atoms with E-state index < -0.39 is 0 Å². The molecule has 1 saturated heterocycles. The fourth-order valence-electron chi connectivity index (χ4n) is 4.59. The summed E-state index contributed by atoms with van der Waals surface area (Å²) in [5.74, 6) is 1.18. The van der Waals surface area contributed by atoms with E-state index in [0.29, 0.717) is 17.4 Å². The normalized spacial score (nSPS) is 14.1. The molecule has 182 valence electrons. The lowest BCUT2D eigenvalue weighted by Crippen LogP contribution is -2.38. The zero-order chi connectivity index (χ0) is 24.7. The molecule has 0 aliphatic carbocycles. The summed E-state index contributed by atoms with van der Waals surface area (Å²) in [7, 11) is 0. The molecule has 4 nitrogen and oxygen atoms in total. The van der Waals surface area contributed by atoms with Gasteiger partial charge < -0.3 is 4.90 Å². The quantitative estimate of drug-likeness (QED) is 0.268. The molecule has 0 spiro atoms. The average molecular weight is 498 g/mol. The molecule has 36 heavy (non-hydrogen) atoms. The van der Waals surface area contributed by atoms with Gasteiger partial charge in [-0.15, -0.1) is 10.2 Å². The van der Waals surface area contributed by atoms with E-state index >= 15 is 0 Å². The molecule has 1 aliphatic heterocycles. The predicted molar refractivity (Wildman–Crippen MR) is 142 cm³/mol. The number of hydrogen-bond acceptors (Lipinski definition) is 4. The van der Waals surface area contributed by atoms with Gasteiger partial charge in [-0.05, 0) is 84.8 Å². The summed E-state index contributed by atoms with van der Waals surface area (Å²) in [6, 6.07) is 28.5. The fraction of sp³-hybridized carbons (Fsp3) is 0.233. The van der Waals surface area contributed by atoms with Crippen LogP contribution in [0.3, 0.4) is 0 Å². The first kappa shape index (κ1) is 24.2. The monoisotopic (exact) mass is 497 g/mol. The van der Waals surface area contributed by atoms with Crippen molar-refractivity contribution >= 4 is 17.7 Å². The van der Waals surface area contributed by atoms with E-state index in [1.54, 1.807) is 23.9 Å². The van der Waals surface area contributed by atoms with Gasteiger partial charge in [-0.25, -0.2) is 4.39 Å². The Balaban J connectivity index is 1.14. The van der Waals surface area contributed by atoms with Crippen LogP contribution in [0, 0.1) is 11.7 Å². The Morgan fingerprint density at radius 2 is 1.61 bits per heavy atom. The number of benzene rings is 3. The largest absolute Gasteiger partial charge is 0.339 e. The van der Waals surface area contributed by atoms with Crippen LogP contribution in [0.15, 0.2) is 96.0 Å². The van der Waals surface area contributed by atoms with Crippen molar-refractivity contribution in [2.45, 2.75) is 30.0 Å². The molecular formula is C30H28FN3OS. The second kappa shape index (κ2) is 11.5. The summed E-state index contributed by atoms with van der Waals surface area (Å²) in [5.41, 5.74) is 4.74.